The van der Waals surface area contributed by atoms with Crippen molar-refractivity contribution in [1.29, 1.82) is 5.26 Å². The molecule has 1 unspecified atom stereocenters. The molecule has 6 rings (SSSR count). The molecule has 234 valence electrons. The minimum Gasteiger partial charge on any atom is -0.494 e. The number of piperidine rings is 1. The van der Waals surface area contributed by atoms with Crippen LogP contribution in [0.25, 0.3) is 11.1 Å². The van der Waals surface area contributed by atoms with Gasteiger partial charge in [-0.2, -0.15) is 5.26 Å². The fourth-order valence-electron chi connectivity index (χ4n) is 5.97. The number of benzene rings is 2. The maximum Gasteiger partial charge on any atom is 0.227 e. The predicted molar refractivity (Wildman–Crippen MR) is 171 cm³/mol. The monoisotopic (exact) mass is 609 g/mol. The number of aryl methyl sites for hydroxylation is 1. The van der Waals surface area contributed by atoms with Gasteiger partial charge in [0, 0.05) is 75.4 Å². The summed E-state index contributed by atoms with van der Waals surface area (Å²) in [7, 11) is 3.57. The molecule has 0 aliphatic carbocycles. The Hall–Kier alpha value is -4.73. The Bertz CT molecular complexity index is 1620. The number of aromatic nitrogens is 5. The molecule has 0 amide bonds. The number of methoxy groups -OCH3 is 1. The van der Waals surface area contributed by atoms with E-state index in [9.17, 15) is 5.26 Å². The highest BCUT2D eigenvalue weighted by atomic mass is 16.5. The highest BCUT2D eigenvalue weighted by Crippen LogP contribution is 2.34. The summed E-state index contributed by atoms with van der Waals surface area (Å²) in [5, 5.41) is 21.0. The molecular formula is C33H39N9O3. The van der Waals surface area contributed by atoms with Gasteiger partial charge in [-0.3, -0.25) is 4.90 Å². The average Bonchev–Trinajstić information content (AvgIpc) is 3.49. The Morgan fingerprint density at radius 3 is 2.49 bits per heavy atom. The van der Waals surface area contributed by atoms with Crippen molar-refractivity contribution in [1.82, 2.24) is 29.6 Å². The molecule has 0 saturated carbocycles. The molecule has 12 nitrogen and oxygen atoms in total. The van der Waals surface area contributed by atoms with E-state index in [2.05, 4.69) is 53.5 Å². The number of hydrogen-bond acceptors (Lipinski definition) is 11. The van der Waals surface area contributed by atoms with Gasteiger partial charge in [0.1, 0.15) is 35.8 Å². The van der Waals surface area contributed by atoms with E-state index in [1.54, 1.807) is 31.9 Å². The van der Waals surface area contributed by atoms with Crippen LogP contribution >= 0.6 is 0 Å². The maximum absolute atomic E-state index is 9.66. The number of nitriles is 1. The van der Waals surface area contributed by atoms with Crippen molar-refractivity contribution >= 4 is 17.3 Å². The number of hydrogen-bond donors (Lipinski definition) is 1. The lowest BCUT2D eigenvalue weighted by Gasteiger charge is -2.40. The van der Waals surface area contributed by atoms with E-state index in [1.807, 2.05) is 36.7 Å². The number of nitrogens with zero attached hydrogens (tertiary/aromatic N) is 8. The maximum atomic E-state index is 9.66. The second kappa shape index (κ2) is 13.9. The summed E-state index contributed by atoms with van der Waals surface area (Å²) >= 11 is 0. The van der Waals surface area contributed by atoms with Crippen LogP contribution in [-0.4, -0.2) is 88.3 Å². The SMILES string of the molecule is COc1cc(N2CCC(N3CCOCC3)CC2)ccc1Nc1ncc(-c2ccc(C#N)c(OC(C)Cc3nncn3C)c2)cn1. The van der Waals surface area contributed by atoms with Crippen LogP contribution in [0.5, 0.6) is 11.5 Å². The van der Waals surface area contributed by atoms with Gasteiger partial charge in [0.15, 0.2) is 0 Å². The molecule has 2 aromatic carbocycles. The lowest BCUT2D eigenvalue weighted by Crippen LogP contribution is -2.49. The summed E-state index contributed by atoms with van der Waals surface area (Å²) in [6.45, 7) is 7.74. The third-order valence-electron chi connectivity index (χ3n) is 8.51. The van der Waals surface area contributed by atoms with Crippen LogP contribution in [0.1, 0.15) is 31.2 Å². The van der Waals surface area contributed by atoms with E-state index in [0.29, 0.717) is 29.7 Å². The van der Waals surface area contributed by atoms with Crippen molar-refractivity contribution < 1.29 is 14.2 Å². The van der Waals surface area contributed by atoms with E-state index in [-0.39, 0.29) is 6.10 Å². The lowest BCUT2D eigenvalue weighted by atomic mass is 10.0. The first-order chi connectivity index (χ1) is 22.0. The second-order valence-corrected chi connectivity index (χ2v) is 11.5. The minimum absolute atomic E-state index is 0.207. The van der Waals surface area contributed by atoms with Crippen LogP contribution < -0.4 is 19.7 Å². The van der Waals surface area contributed by atoms with Crippen molar-refractivity contribution in [3.05, 3.63) is 66.5 Å². The molecule has 2 fully saturated rings. The van der Waals surface area contributed by atoms with Crippen LogP contribution in [0, 0.1) is 11.3 Å². The summed E-state index contributed by atoms with van der Waals surface area (Å²) in [4.78, 5) is 14.1. The van der Waals surface area contributed by atoms with Crippen molar-refractivity contribution in [3.63, 3.8) is 0 Å². The van der Waals surface area contributed by atoms with E-state index < -0.39 is 0 Å². The van der Waals surface area contributed by atoms with Crippen molar-refractivity contribution in [2.24, 2.45) is 7.05 Å². The van der Waals surface area contributed by atoms with Gasteiger partial charge in [-0.25, -0.2) is 9.97 Å². The summed E-state index contributed by atoms with van der Waals surface area (Å²) in [6, 6.07) is 14.5. The summed E-state index contributed by atoms with van der Waals surface area (Å²) in [6.07, 6.45) is 7.82. The average molecular weight is 610 g/mol. The van der Waals surface area contributed by atoms with Crippen molar-refractivity contribution in [2.45, 2.75) is 38.3 Å². The first-order valence-electron chi connectivity index (χ1n) is 15.4. The summed E-state index contributed by atoms with van der Waals surface area (Å²) in [5.74, 6) is 2.50. The van der Waals surface area contributed by atoms with Crippen LogP contribution in [0.3, 0.4) is 0 Å². The van der Waals surface area contributed by atoms with E-state index >= 15 is 0 Å². The molecular weight excluding hydrogens is 570 g/mol. The van der Waals surface area contributed by atoms with E-state index in [0.717, 1.165) is 86.3 Å². The van der Waals surface area contributed by atoms with Gasteiger partial charge < -0.3 is 29.0 Å². The molecule has 1 N–H and O–H groups in total. The Balaban J connectivity index is 1.10. The number of rotatable bonds is 10. The van der Waals surface area contributed by atoms with Gasteiger partial charge in [0.05, 0.1) is 31.6 Å². The topological polar surface area (TPSA) is 126 Å². The fourth-order valence-corrected chi connectivity index (χ4v) is 5.97. The number of morpholine rings is 1. The summed E-state index contributed by atoms with van der Waals surface area (Å²) in [5.41, 5.74) is 4.06. The lowest BCUT2D eigenvalue weighted by molar-refractivity contribution is 0.0115. The first kappa shape index (κ1) is 30.3. The highest BCUT2D eigenvalue weighted by Gasteiger charge is 2.26. The summed E-state index contributed by atoms with van der Waals surface area (Å²) < 4.78 is 19.3. The molecule has 12 heteroatoms. The van der Waals surface area contributed by atoms with Crippen LogP contribution in [0.4, 0.5) is 17.3 Å². The zero-order valence-corrected chi connectivity index (χ0v) is 26.0. The van der Waals surface area contributed by atoms with Crippen LogP contribution in [-0.2, 0) is 18.2 Å². The van der Waals surface area contributed by atoms with Crippen LogP contribution in [0.15, 0.2) is 55.1 Å². The smallest absolute Gasteiger partial charge is 0.227 e. The molecule has 45 heavy (non-hydrogen) atoms. The van der Waals surface area contributed by atoms with Gasteiger partial charge in [-0.1, -0.05) is 6.07 Å². The molecule has 2 aromatic heterocycles. The Labute approximate surface area is 263 Å². The normalized spacial score (nSPS) is 16.6. The molecule has 4 heterocycles. The van der Waals surface area contributed by atoms with Gasteiger partial charge in [0.2, 0.25) is 5.95 Å². The predicted octanol–water partition coefficient (Wildman–Crippen LogP) is 4.21. The Morgan fingerprint density at radius 1 is 1.02 bits per heavy atom. The first-order valence-corrected chi connectivity index (χ1v) is 15.4. The largest absolute Gasteiger partial charge is 0.494 e. The molecule has 0 spiro atoms. The molecule has 2 aliphatic rings. The fraction of sp³-hybridized carbons (Fsp3) is 0.424. The third-order valence-corrected chi connectivity index (χ3v) is 8.51. The van der Waals surface area contributed by atoms with Crippen molar-refractivity contribution in [3.8, 4) is 28.7 Å². The van der Waals surface area contributed by atoms with Gasteiger partial charge in [-0.05, 0) is 49.6 Å². The number of anilines is 3. The highest BCUT2D eigenvalue weighted by molar-refractivity contribution is 5.70. The van der Waals surface area contributed by atoms with E-state index in [4.69, 9.17) is 14.2 Å². The van der Waals surface area contributed by atoms with Gasteiger partial charge >= 0.3 is 0 Å². The second-order valence-electron chi connectivity index (χ2n) is 11.5. The van der Waals surface area contributed by atoms with E-state index in [1.165, 1.54) is 0 Å². The number of ether oxygens (including phenoxy) is 3. The molecule has 0 bridgehead atoms. The van der Waals surface area contributed by atoms with Gasteiger partial charge in [-0.15, -0.1) is 10.2 Å². The molecule has 4 aromatic rings. The van der Waals surface area contributed by atoms with Crippen molar-refractivity contribution in [2.75, 3.05) is 56.7 Å². The molecule has 1 atom stereocenters. The zero-order chi connectivity index (χ0) is 31.2. The molecule has 0 radical (unpaired) electrons. The molecule has 2 aliphatic heterocycles. The van der Waals surface area contributed by atoms with Crippen LogP contribution in [0.2, 0.25) is 0 Å². The Morgan fingerprint density at radius 2 is 1.80 bits per heavy atom. The minimum atomic E-state index is -0.207. The quantitative estimate of drug-likeness (QED) is 0.278. The Kier molecular flexibility index (Phi) is 9.38. The zero-order valence-electron chi connectivity index (χ0n) is 26.0. The number of nitrogens with one attached hydrogen (secondary N) is 1. The molecule has 2 saturated heterocycles. The third kappa shape index (κ3) is 7.16. The standard InChI is InChI=1S/C33H39N9O3/c1-23(16-32-39-37-22-40(32)2)45-30-17-24(4-5-25(30)19-34)26-20-35-33(36-21-26)38-29-7-6-28(18-31(29)43-3)41-10-8-27(9-11-41)42-12-14-44-15-13-42/h4-7,17-18,20-23,27H,8-16H2,1-3H3,(H,35,36,38). The van der Waals surface area contributed by atoms with Gasteiger partial charge in [0.25, 0.3) is 0 Å².